The van der Waals surface area contributed by atoms with E-state index in [1.807, 2.05) is 0 Å². The largest absolute Gasteiger partial charge is 0.396 e. The minimum absolute atomic E-state index is 0.147. The van der Waals surface area contributed by atoms with Crippen molar-refractivity contribution in [3.8, 4) is 0 Å². The van der Waals surface area contributed by atoms with E-state index in [1.165, 1.54) is 12.3 Å². The summed E-state index contributed by atoms with van der Waals surface area (Å²) in [7, 11) is 0. The van der Waals surface area contributed by atoms with Gasteiger partial charge in [0.1, 0.15) is 0 Å². The highest BCUT2D eigenvalue weighted by atomic mass is 16.6. The van der Waals surface area contributed by atoms with Crippen molar-refractivity contribution in [3.05, 3.63) is 28.4 Å². The van der Waals surface area contributed by atoms with E-state index >= 15 is 0 Å². The van der Waals surface area contributed by atoms with Gasteiger partial charge in [0.2, 0.25) is 0 Å². The molecule has 1 heterocycles. The van der Waals surface area contributed by atoms with E-state index in [9.17, 15) is 10.1 Å². The molecule has 0 saturated carbocycles. The van der Waals surface area contributed by atoms with E-state index in [4.69, 9.17) is 5.11 Å². The van der Waals surface area contributed by atoms with Gasteiger partial charge in [-0.25, -0.2) is 0 Å². The number of unbranched alkanes of at least 4 members (excludes halogenated alkanes) is 2. The molecule has 1 rings (SSSR count). The summed E-state index contributed by atoms with van der Waals surface area (Å²) in [6.07, 6.45) is 4.17. The molecule has 0 radical (unpaired) electrons. The van der Waals surface area contributed by atoms with Crippen molar-refractivity contribution in [2.24, 2.45) is 0 Å². The number of rotatable bonds is 7. The highest BCUT2D eigenvalue weighted by Gasteiger charge is 2.05. The Kier molecular flexibility index (Phi) is 5.21. The normalized spacial score (nSPS) is 10.1. The van der Waals surface area contributed by atoms with Crippen molar-refractivity contribution in [1.29, 1.82) is 0 Å². The van der Waals surface area contributed by atoms with Crippen molar-refractivity contribution < 1.29 is 10.0 Å². The first kappa shape index (κ1) is 12.4. The zero-order valence-electron chi connectivity index (χ0n) is 8.93. The standard InChI is InChI=1S/C10H15N3O3/c14-7-3-1-2-6-11-9-4-5-10(12-8-9)13(15)16/h4-5,8,11,14H,1-3,6-7H2. The molecule has 0 amide bonds. The number of hydrogen-bond acceptors (Lipinski definition) is 5. The van der Waals surface area contributed by atoms with Gasteiger partial charge in [0.25, 0.3) is 0 Å². The maximum Gasteiger partial charge on any atom is 0.363 e. The number of nitro groups is 1. The molecule has 0 saturated heterocycles. The summed E-state index contributed by atoms with van der Waals surface area (Å²) >= 11 is 0. The van der Waals surface area contributed by atoms with E-state index in [2.05, 4.69) is 10.3 Å². The molecule has 0 atom stereocenters. The fourth-order valence-corrected chi connectivity index (χ4v) is 1.24. The lowest BCUT2D eigenvalue weighted by Gasteiger charge is -2.03. The molecule has 1 aromatic heterocycles. The summed E-state index contributed by atoms with van der Waals surface area (Å²) in [5, 5.41) is 22.0. The van der Waals surface area contributed by atoms with Crippen molar-refractivity contribution in [1.82, 2.24) is 4.98 Å². The highest BCUT2D eigenvalue weighted by molar-refractivity contribution is 5.43. The summed E-state index contributed by atoms with van der Waals surface area (Å²) in [5.74, 6) is -0.147. The summed E-state index contributed by atoms with van der Waals surface area (Å²) in [5.41, 5.74) is 0.773. The summed E-state index contributed by atoms with van der Waals surface area (Å²) < 4.78 is 0. The zero-order valence-corrected chi connectivity index (χ0v) is 8.93. The van der Waals surface area contributed by atoms with Gasteiger partial charge in [-0.05, 0) is 35.2 Å². The average molecular weight is 225 g/mol. The van der Waals surface area contributed by atoms with Crippen LogP contribution in [0.4, 0.5) is 11.5 Å². The van der Waals surface area contributed by atoms with Gasteiger partial charge in [-0.2, -0.15) is 0 Å². The second-order valence-corrected chi connectivity index (χ2v) is 3.37. The molecular weight excluding hydrogens is 210 g/mol. The molecule has 0 aliphatic rings. The van der Waals surface area contributed by atoms with Crippen LogP contribution in [0.25, 0.3) is 0 Å². The van der Waals surface area contributed by atoms with Gasteiger partial charge in [-0.15, -0.1) is 0 Å². The van der Waals surface area contributed by atoms with Crippen LogP contribution in [-0.4, -0.2) is 28.2 Å². The monoisotopic (exact) mass is 225 g/mol. The molecule has 0 aliphatic heterocycles. The molecule has 0 aliphatic carbocycles. The SMILES string of the molecule is O=[N+]([O-])c1ccc(NCCCCCO)cn1. The number of pyridine rings is 1. The molecule has 0 aromatic carbocycles. The van der Waals surface area contributed by atoms with E-state index in [1.54, 1.807) is 6.07 Å². The third-order valence-corrected chi connectivity index (χ3v) is 2.10. The Hall–Kier alpha value is -1.69. The lowest BCUT2D eigenvalue weighted by Crippen LogP contribution is -2.02. The van der Waals surface area contributed by atoms with Crippen LogP contribution in [0.1, 0.15) is 19.3 Å². The minimum atomic E-state index is -0.523. The Bertz CT molecular complexity index is 327. The summed E-state index contributed by atoms with van der Waals surface area (Å²) in [4.78, 5) is 13.5. The minimum Gasteiger partial charge on any atom is -0.396 e. The van der Waals surface area contributed by atoms with Gasteiger partial charge >= 0.3 is 5.82 Å². The third kappa shape index (κ3) is 4.22. The van der Waals surface area contributed by atoms with Gasteiger partial charge in [0.15, 0.2) is 6.20 Å². The Labute approximate surface area is 93.5 Å². The first-order chi connectivity index (χ1) is 7.74. The molecule has 0 bridgehead atoms. The van der Waals surface area contributed by atoms with Crippen molar-refractivity contribution in [3.63, 3.8) is 0 Å². The fraction of sp³-hybridized carbons (Fsp3) is 0.500. The number of nitrogens with one attached hydrogen (secondary N) is 1. The second kappa shape index (κ2) is 6.73. The van der Waals surface area contributed by atoms with Crippen LogP contribution in [0.15, 0.2) is 18.3 Å². The predicted molar refractivity (Wildman–Crippen MR) is 60.3 cm³/mol. The van der Waals surface area contributed by atoms with E-state index in [0.717, 1.165) is 31.5 Å². The van der Waals surface area contributed by atoms with Crippen LogP contribution in [-0.2, 0) is 0 Å². The lowest BCUT2D eigenvalue weighted by atomic mass is 10.2. The van der Waals surface area contributed by atoms with Gasteiger partial charge < -0.3 is 20.5 Å². The molecule has 6 heteroatoms. The van der Waals surface area contributed by atoms with Crippen molar-refractivity contribution >= 4 is 11.5 Å². The lowest BCUT2D eigenvalue weighted by molar-refractivity contribution is -0.389. The number of nitrogens with zero attached hydrogens (tertiary/aromatic N) is 2. The molecule has 0 fully saturated rings. The molecular formula is C10H15N3O3. The van der Waals surface area contributed by atoms with Crippen molar-refractivity contribution in [2.75, 3.05) is 18.5 Å². The van der Waals surface area contributed by atoms with Gasteiger partial charge in [0.05, 0.1) is 5.69 Å². The third-order valence-electron chi connectivity index (χ3n) is 2.10. The highest BCUT2D eigenvalue weighted by Crippen LogP contribution is 2.11. The predicted octanol–water partition coefficient (Wildman–Crippen LogP) is 1.56. The Balaban J connectivity index is 2.29. The topological polar surface area (TPSA) is 88.3 Å². The maximum absolute atomic E-state index is 10.3. The zero-order chi connectivity index (χ0) is 11.8. The molecule has 0 spiro atoms. The first-order valence-electron chi connectivity index (χ1n) is 5.19. The quantitative estimate of drug-likeness (QED) is 0.417. The van der Waals surface area contributed by atoms with Crippen LogP contribution in [0.3, 0.4) is 0 Å². The molecule has 6 nitrogen and oxygen atoms in total. The van der Waals surface area contributed by atoms with Crippen LogP contribution < -0.4 is 5.32 Å². The van der Waals surface area contributed by atoms with Gasteiger partial charge in [-0.1, -0.05) is 0 Å². The number of hydrogen-bond donors (Lipinski definition) is 2. The fourth-order valence-electron chi connectivity index (χ4n) is 1.24. The van der Waals surface area contributed by atoms with Crippen LogP contribution in [0, 0.1) is 10.1 Å². The first-order valence-corrected chi connectivity index (χ1v) is 5.19. The van der Waals surface area contributed by atoms with Crippen LogP contribution in [0.5, 0.6) is 0 Å². The van der Waals surface area contributed by atoms with Crippen molar-refractivity contribution in [2.45, 2.75) is 19.3 Å². The number of aliphatic hydroxyl groups excluding tert-OH is 1. The number of aromatic nitrogens is 1. The van der Waals surface area contributed by atoms with Gasteiger partial charge in [0, 0.05) is 19.2 Å². The number of aliphatic hydroxyl groups is 1. The van der Waals surface area contributed by atoms with E-state index in [0.29, 0.717) is 0 Å². The average Bonchev–Trinajstić information content (AvgIpc) is 2.29. The Morgan fingerprint density at radius 2 is 2.19 bits per heavy atom. The van der Waals surface area contributed by atoms with E-state index in [-0.39, 0.29) is 12.4 Å². The molecule has 88 valence electrons. The van der Waals surface area contributed by atoms with Gasteiger partial charge in [-0.3, -0.25) is 0 Å². The number of anilines is 1. The summed E-state index contributed by atoms with van der Waals surface area (Å²) in [6, 6.07) is 3.01. The second-order valence-electron chi connectivity index (χ2n) is 3.37. The Morgan fingerprint density at radius 1 is 1.38 bits per heavy atom. The molecule has 2 N–H and O–H groups in total. The maximum atomic E-state index is 10.3. The smallest absolute Gasteiger partial charge is 0.363 e. The van der Waals surface area contributed by atoms with Crippen LogP contribution in [0.2, 0.25) is 0 Å². The van der Waals surface area contributed by atoms with E-state index < -0.39 is 4.92 Å². The molecule has 0 unspecified atom stereocenters. The molecule has 1 aromatic rings. The summed E-state index contributed by atoms with van der Waals surface area (Å²) in [6.45, 7) is 0.999. The van der Waals surface area contributed by atoms with Crippen LogP contribution >= 0.6 is 0 Å². The molecule has 16 heavy (non-hydrogen) atoms. The Morgan fingerprint density at radius 3 is 2.75 bits per heavy atom.